The van der Waals surface area contributed by atoms with Gasteiger partial charge in [-0.2, -0.15) is 5.10 Å². The van der Waals surface area contributed by atoms with E-state index < -0.39 is 5.82 Å². The Labute approximate surface area is 224 Å². The van der Waals surface area contributed by atoms with Gasteiger partial charge in [-0.25, -0.2) is 14.2 Å². The summed E-state index contributed by atoms with van der Waals surface area (Å²) in [4.78, 5) is 30.2. The molecule has 3 aromatic carbocycles. The number of halogens is 1. The molecular weight excluding hydrogens is 499 g/mol. The zero-order valence-corrected chi connectivity index (χ0v) is 22.2. The van der Waals surface area contributed by atoms with E-state index in [1.54, 1.807) is 14.0 Å². The van der Waals surface area contributed by atoms with E-state index in [1.165, 1.54) is 21.5 Å². The fourth-order valence-electron chi connectivity index (χ4n) is 4.79. The largest absolute Gasteiger partial charge is 0.482 e. The number of ether oxygens (including phenoxy) is 1. The molecule has 0 saturated carbocycles. The summed E-state index contributed by atoms with van der Waals surface area (Å²) < 4.78 is 23.8. The van der Waals surface area contributed by atoms with Gasteiger partial charge < -0.3 is 10.1 Å². The zero-order chi connectivity index (χ0) is 27.7. The van der Waals surface area contributed by atoms with Gasteiger partial charge in [0.2, 0.25) is 5.91 Å². The molecule has 2 aromatic heterocycles. The molecule has 0 bridgehead atoms. The van der Waals surface area contributed by atoms with E-state index in [-0.39, 0.29) is 30.5 Å². The highest BCUT2D eigenvalue weighted by Crippen LogP contribution is 2.34. The van der Waals surface area contributed by atoms with Crippen molar-refractivity contribution < 1.29 is 13.9 Å². The van der Waals surface area contributed by atoms with Crippen molar-refractivity contribution in [3.8, 4) is 16.9 Å². The van der Waals surface area contributed by atoms with Crippen molar-refractivity contribution in [1.82, 2.24) is 24.3 Å². The second-order valence-electron chi connectivity index (χ2n) is 9.53. The Morgan fingerprint density at radius 3 is 2.69 bits per heavy atom. The third-order valence-corrected chi connectivity index (χ3v) is 6.66. The van der Waals surface area contributed by atoms with Gasteiger partial charge in [-0.05, 0) is 78.9 Å². The van der Waals surface area contributed by atoms with Crippen LogP contribution in [-0.4, -0.2) is 30.2 Å². The lowest BCUT2D eigenvalue weighted by Gasteiger charge is -2.13. The number of nitrogens with one attached hydrogen (secondary N) is 2. The molecule has 200 valence electrons. The number of amides is 1. The number of hydrogen-bond acceptors (Lipinski definition) is 5. The van der Waals surface area contributed by atoms with Crippen LogP contribution in [0.15, 0.2) is 59.7 Å². The lowest BCUT2D eigenvalue weighted by Crippen LogP contribution is -2.28. The lowest BCUT2D eigenvalue weighted by atomic mass is 9.99. The average Bonchev–Trinajstić information content (AvgIpc) is 3.51. The van der Waals surface area contributed by atoms with E-state index in [0.29, 0.717) is 39.2 Å². The molecule has 2 N–H and O–H groups in total. The van der Waals surface area contributed by atoms with Crippen LogP contribution in [0.25, 0.3) is 22.2 Å². The van der Waals surface area contributed by atoms with Gasteiger partial charge in [0.1, 0.15) is 19.5 Å². The molecule has 0 aliphatic carbocycles. The summed E-state index contributed by atoms with van der Waals surface area (Å²) in [5.74, 6) is -0.237. The number of carbonyl (C=O) groups is 1. The third-order valence-electron chi connectivity index (χ3n) is 6.66. The number of H-pyrrole nitrogens is 1. The van der Waals surface area contributed by atoms with Gasteiger partial charge in [0.05, 0.1) is 11.0 Å². The van der Waals surface area contributed by atoms with Crippen LogP contribution in [0.5, 0.6) is 5.75 Å². The summed E-state index contributed by atoms with van der Waals surface area (Å²) in [6, 6.07) is 14.6. The molecule has 9 nitrogen and oxygen atoms in total. The average molecular weight is 529 g/mol. The Balaban J connectivity index is 1.50. The minimum absolute atomic E-state index is 0.0496. The molecule has 0 spiro atoms. The smallest absolute Gasteiger partial charge is 0.329 e. The standard InChI is InChI=1S/C29H29FN6O3/c1-5-19-7-6-8-21(12-19)33-26(37)14-36-24-10-17(2)9-22(27(24)35(4)29(36)38)20-11-18(3)28(23(30)13-20)39-15-25-31-16-32-34-25/h6-13,16H,5,14-15H2,1-4H3,(H,33,37)(H,31,32,34). The molecule has 2 heterocycles. The van der Waals surface area contributed by atoms with Gasteiger partial charge in [0.15, 0.2) is 17.4 Å². The predicted molar refractivity (Wildman–Crippen MR) is 147 cm³/mol. The van der Waals surface area contributed by atoms with E-state index in [9.17, 15) is 9.59 Å². The van der Waals surface area contributed by atoms with Crippen molar-refractivity contribution in [2.45, 2.75) is 40.3 Å². The maximum atomic E-state index is 15.2. The second kappa shape index (κ2) is 10.6. The van der Waals surface area contributed by atoms with Crippen molar-refractivity contribution in [3.63, 3.8) is 0 Å². The number of aromatic nitrogens is 5. The predicted octanol–water partition coefficient (Wildman–Crippen LogP) is 4.66. The van der Waals surface area contributed by atoms with Crippen molar-refractivity contribution in [1.29, 1.82) is 0 Å². The minimum Gasteiger partial charge on any atom is -0.482 e. The van der Waals surface area contributed by atoms with Crippen molar-refractivity contribution in [2.24, 2.45) is 7.05 Å². The Hall–Kier alpha value is -4.73. The van der Waals surface area contributed by atoms with Crippen molar-refractivity contribution in [2.75, 3.05) is 5.32 Å². The highest BCUT2D eigenvalue weighted by Gasteiger charge is 2.20. The number of hydrogen-bond donors (Lipinski definition) is 2. The van der Waals surface area contributed by atoms with Crippen LogP contribution in [0.1, 0.15) is 29.4 Å². The summed E-state index contributed by atoms with van der Waals surface area (Å²) in [6.07, 6.45) is 2.21. The summed E-state index contributed by atoms with van der Waals surface area (Å²) in [5, 5.41) is 9.34. The molecule has 0 aliphatic rings. The molecule has 5 rings (SSSR count). The van der Waals surface area contributed by atoms with Crippen LogP contribution in [0.4, 0.5) is 10.1 Å². The number of nitrogens with zero attached hydrogens (tertiary/aromatic N) is 4. The van der Waals surface area contributed by atoms with Crippen molar-refractivity contribution in [3.05, 3.63) is 93.7 Å². The first-order valence-corrected chi connectivity index (χ1v) is 12.6. The molecule has 0 unspecified atom stereocenters. The third kappa shape index (κ3) is 5.18. The molecule has 0 aliphatic heterocycles. The van der Waals surface area contributed by atoms with Gasteiger partial charge in [-0.1, -0.05) is 19.1 Å². The Morgan fingerprint density at radius 2 is 1.97 bits per heavy atom. The van der Waals surface area contributed by atoms with Crippen LogP contribution >= 0.6 is 0 Å². The maximum absolute atomic E-state index is 15.2. The first-order chi connectivity index (χ1) is 18.7. The number of imidazole rings is 1. The molecule has 0 radical (unpaired) electrons. The van der Waals surface area contributed by atoms with Crippen LogP contribution in [0.2, 0.25) is 0 Å². The molecule has 10 heteroatoms. The number of anilines is 1. The Kier molecular flexibility index (Phi) is 7.02. The molecule has 0 fully saturated rings. The fourth-order valence-corrected chi connectivity index (χ4v) is 4.79. The second-order valence-corrected chi connectivity index (χ2v) is 9.53. The number of rotatable bonds is 8. The van der Waals surface area contributed by atoms with E-state index in [1.807, 2.05) is 56.3 Å². The zero-order valence-electron chi connectivity index (χ0n) is 22.2. The first-order valence-electron chi connectivity index (χ1n) is 12.6. The van der Waals surface area contributed by atoms with E-state index in [4.69, 9.17) is 4.74 Å². The van der Waals surface area contributed by atoms with Gasteiger partial charge >= 0.3 is 5.69 Å². The number of aromatic amines is 1. The molecular formula is C29H29FN6O3. The van der Waals surface area contributed by atoms with Gasteiger partial charge in [0, 0.05) is 18.3 Å². The van der Waals surface area contributed by atoms with Crippen molar-refractivity contribution >= 4 is 22.6 Å². The quantitative estimate of drug-likeness (QED) is 0.305. The van der Waals surface area contributed by atoms with Gasteiger partial charge in [0.25, 0.3) is 0 Å². The Morgan fingerprint density at radius 1 is 1.15 bits per heavy atom. The molecule has 0 atom stereocenters. The SMILES string of the molecule is CCc1cccc(NC(=O)Cn2c(=O)n(C)c3c(-c4cc(C)c(OCc5ncn[nH]5)c(F)c4)cc(C)cc32)c1. The number of benzene rings is 3. The molecule has 0 saturated heterocycles. The van der Waals surface area contributed by atoms with Crippen LogP contribution in [0, 0.1) is 19.7 Å². The summed E-state index contributed by atoms with van der Waals surface area (Å²) in [7, 11) is 1.65. The number of aryl methyl sites for hydroxylation is 4. The number of carbonyl (C=O) groups excluding carboxylic acids is 1. The first kappa shape index (κ1) is 25.9. The van der Waals surface area contributed by atoms with Gasteiger partial charge in [-0.3, -0.25) is 19.0 Å². The van der Waals surface area contributed by atoms with Crippen LogP contribution in [0.3, 0.4) is 0 Å². The van der Waals surface area contributed by atoms with Crippen LogP contribution in [-0.2, 0) is 31.4 Å². The highest BCUT2D eigenvalue weighted by atomic mass is 19.1. The topological polar surface area (TPSA) is 107 Å². The van der Waals surface area contributed by atoms with E-state index in [0.717, 1.165) is 17.5 Å². The van der Waals surface area contributed by atoms with Crippen LogP contribution < -0.4 is 15.7 Å². The maximum Gasteiger partial charge on any atom is 0.329 e. The minimum atomic E-state index is -0.530. The monoisotopic (exact) mass is 528 g/mol. The highest BCUT2D eigenvalue weighted by molar-refractivity contribution is 5.96. The van der Waals surface area contributed by atoms with E-state index >= 15 is 4.39 Å². The molecule has 5 aromatic rings. The fraction of sp³-hybridized carbons (Fsp3) is 0.241. The summed E-state index contributed by atoms with van der Waals surface area (Å²) >= 11 is 0. The van der Waals surface area contributed by atoms with Gasteiger partial charge in [-0.15, -0.1) is 0 Å². The Bertz CT molecular complexity index is 1710. The normalized spacial score (nSPS) is 11.2. The summed E-state index contributed by atoms with van der Waals surface area (Å²) in [6.45, 7) is 5.60. The molecule has 39 heavy (non-hydrogen) atoms. The molecule has 1 amide bonds. The lowest BCUT2D eigenvalue weighted by molar-refractivity contribution is -0.116. The summed E-state index contributed by atoms with van der Waals surface area (Å²) in [5.41, 5.74) is 5.41. The number of fused-ring (bicyclic) bond motifs is 1. The van der Waals surface area contributed by atoms with E-state index in [2.05, 4.69) is 20.5 Å².